The third-order valence-corrected chi connectivity index (χ3v) is 4.01. The van der Waals surface area contributed by atoms with Crippen LogP contribution in [0.15, 0.2) is 24.3 Å². The number of anilines is 1. The van der Waals surface area contributed by atoms with Gasteiger partial charge in [-0.25, -0.2) is 4.79 Å². The van der Waals surface area contributed by atoms with Crippen LogP contribution in [0.2, 0.25) is 0 Å². The van der Waals surface area contributed by atoms with E-state index in [-0.39, 0.29) is 6.09 Å². The van der Waals surface area contributed by atoms with Crippen LogP contribution >= 0.6 is 0 Å². The standard InChI is InChI=1S/C16H22N2O2/c1-16(2,3)20-15(19)18-9-11-8-17-14-7-5-4-6-12(14)13(11)10-18/h4-7,11,13,17H,8-10H2,1-3H3/t11-,13+/m1/s1. The molecule has 1 saturated heterocycles. The fourth-order valence-corrected chi connectivity index (χ4v) is 3.13. The lowest BCUT2D eigenvalue weighted by molar-refractivity contribution is 0.0287. The van der Waals surface area contributed by atoms with Gasteiger partial charge in [-0.15, -0.1) is 0 Å². The second kappa shape index (κ2) is 4.69. The van der Waals surface area contributed by atoms with Crippen molar-refractivity contribution in [2.24, 2.45) is 5.92 Å². The van der Waals surface area contributed by atoms with Gasteiger partial charge >= 0.3 is 6.09 Å². The van der Waals surface area contributed by atoms with Gasteiger partial charge in [0.1, 0.15) is 5.60 Å². The number of para-hydroxylation sites is 1. The number of nitrogens with zero attached hydrogens (tertiary/aromatic N) is 1. The number of carbonyl (C=O) groups excluding carboxylic acids is 1. The third-order valence-electron chi connectivity index (χ3n) is 4.01. The normalized spacial score (nSPS) is 24.6. The molecule has 1 N–H and O–H groups in total. The molecule has 0 bridgehead atoms. The number of amides is 1. The Bertz CT molecular complexity index is 521. The number of nitrogens with one attached hydrogen (secondary N) is 1. The lowest BCUT2D eigenvalue weighted by atomic mass is 9.85. The Morgan fingerprint density at radius 3 is 2.80 bits per heavy atom. The van der Waals surface area contributed by atoms with Gasteiger partial charge < -0.3 is 15.0 Å². The summed E-state index contributed by atoms with van der Waals surface area (Å²) in [5.74, 6) is 0.914. The number of fused-ring (bicyclic) bond motifs is 3. The van der Waals surface area contributed by atoms with Gasteiger partial charge in [-0.2, -0.15) is 0 Å². The molecule has 1 aromatic carbocycles. The summed E-state index contributed by atoms with van der Waals surface area (Å²) in [5.41, 5.74) is 2.11. The molecule has 2 aliphatic rings. The van der Waals surface area contributed by atoms with Crippen molar-refractivity contribution in [3.05, 3.63) is 29.8 Å². The summed E-state index contributed by atoms with van der Waals surface area (Å²) in [5, 5.41) is 3.46. The van der Waals surface area contributed by atoms with Crippen molar-refractivity contribution in [2.75, 3.05) is 25.0 Å². The first-order chi connectivity index (χ1) is 9.44. The second-order valence-corrected chi connectivity index (χ2v) is 6.72. The maximum atomic E-state index is 12.2. The fraction of sp³-hybridized carbons (Fsp3) is 0.562. The van der Waals surface area contributed by atoms with Gasteiger partial charge in [0.25, 0.3) is 0 Å². The molecule has 0 saturated carbocycles. The average Bonchev–Trinajstić information content (AvgIpc) is 2.81. The van der Waals surface area contributed by atoms with E-state index < -0.39 is 5.60 Å². The van der Waals surface area contributed by atoms with Crippen molar-refractivity contribution in [3.63, 3.8) is 0 Å². The number of rotatable bonds is 0. The van der Waals surface area contributed by atoms with Crippen molar-refractivity contribution >= 4 is 11.8 Å². The lowest BCUT2D eigenvalue weighted by Gasteiger charge is -2.28. The zero-order valence-corrected chi connectivity index (χ0v) is 12.3. The molecule has 0 spiro atoms. The van der Waals surface area contributed by atoms with Crippen molar-refractivity contribution < 1.29 is 9.53 Å². The molecule has 1 amide bonds. The zero-order chi connectivity index (χ0) is 14.3. The molecule has 0 aliphatic carbocycles. The van der Waals surface area contributed by atoms with Gasteiger partial charge in [0, 0.05) is 37.2 Å². The Labute approximate surface area is 120 Å². The van der Waals surface area contributed by atoms with E-state index in [0.29, 0.717) is 11.8 Å². The van der Waals surface area contributed by atoms with Gasteiger partial charge in [-0.1, -0.05) is 18.2 Å². The smallest absolute Gasteiger partial charge is 0.410 e. The number of hydrogen-bond donors (Lipinski definition) is 1. The summed E-state index contributed by atoms with van der Waals surface area (Å²) < 4.78 is 5.48. The number of benzene rings is 1. The molecule has 2 heterocycles. The van der Waals surface area contributed by atoms with Crippen molar-refractivity contribution in [1.29, 1.82) is 0 Å². The van der Waals surface area contributed by atoms with Crippen LogP contribution in [-0.4, -0.2) is 36.2 Å². The quantitative estimate of drug-likeness (QED) is 0.790. The maximum absolute atomic E-state index is 12.2. The van der Waals surface area contributed by atoms with Crippen molar-refractivity contribution in [3.8, 4) is 0 Å². The van der Waals surface area contributed by atoms with Gasteiger partial charge in [0.2, 0.25) is 0 Å². The van der Waals surface area contributed by atoms with Gasteiger partial charge in [0.15, 0.2) is 0 Å². The summed E-state index contributed by atoms with van der Waals surface area (Å²) in [6, 6.07) is 8.39. The Hall–Kier alpha value is -1.71. The molecular weight excluding hydrogens is 252 g/mol. The first-order valence-electron chi connectivity index (χ1n) is 7.25. The van der Waals surface area contributed by atoms with E-state index in [9.17, 15) is 4.79 Å². The molecule has 4 nitrogen and oxygen atoms in total. The van der Waals surface area contributed by atoms with Crippen LogP contribution in [0.1, 0.15) is 32.3 Å². The Morgan fingerprint density at radius 2 is 2.05 bits per heavy atom. The van der Waals surface area contributed by atoms with Crippen LogP contribution < -0.4 is 5.32 Å². The van der Waals surface area contributed by atoms with Gasteiger partial charge in [-0.05, 0) is 32.4 Å². The molecule has 2 aliphatic heterocycles. The van der Waals surface area contributed by atoms with Gasteiger partial charge in [-0.3, -0.25) is 0 Å². The fourth-order valence-electron chi connectivity index (χ4n) is 3.13. The average molecular weight is 274 g/mol. The van der Waals surface area contributed by atoms with Crippen LogP contribution in [0, 0.1) is 5.92 Å². The van der Waals surface area contributed by atoms with E-state index in [1.54, 1.807) is 0 Å². The minimum Gasteiger partial charge on any atom is -0.444 e. The summed E-state index contributed by atoms with van der Waals surface area (Å²) >= 11 is 0. The summed E-state index contributed by atoms with van der Waals surface area (Å²) in [7, 11) is 0. The Kier molecular flexibility index (Phi) is 3.11. The van der Waals surface area contributed by atoms with Crippen LogP contribution in [0.3, 0.4) is 0 Å². The Balaban J connectivity index is 1.75. The highest BCUT2D eigenvalue weighted by Crippen LogP contribution is 2.40. The predicted octanol–water partition coefficient (Wildman–Crippen LogP) is 3.06. The first kappa shape index (κ1) is 13.3. The Morgan fingerprint density at radius 1 is 1.30 bits per heavy atom. The van der Waals surface area contributed by atoms with E-state index in [1.807, 2.05) is 31.7 Å². The van der Waals surface area contributed by atoms with E-state index in [2.05, 4.69) is 23.5 Å². The highest BCUT2D eigenvalue weighted by molar-refractivity contribution is 5.69. The number of carbonyl (C=O) groups is 1. The minimum absolute atomic E-state index is 0.190. The zero-order valence-electron chi connectivity index (χ0n) is 12.3. The molecule has 1 aromatic rings. The highest BCUT2D eigenvalue weighted by atomic mass is 16.6. The highest BCUT2D eigenvalue weighted by Gasteiger charge is 2.40. The molecule has 4 heteroatoms. The van der Waals surface area contributed by atoms with Gasteiger partial charge in [0.05, 0.1) is 0 Å². The summed E-state index contributed by atoms with van der Waals surface area (Å²) in [6.45, 7) is 8.20. The largest absolute Gasteiger partial charge is 0.444 e. The molecule has 0 radical (unpaired) electrons. The molecule has 3 rings (SSSR count). The molecule has 108 valence electrons. The number of ether oxygens (including phenoxy) is 1. The van der Waals surface area contributed by atoms with Crippen LogP contribution in [-0.2, 0) is 4.74 Å². The molecular formula is C16H22N2O2. The van der Waals surface area contributed by atoms with E-state index in [0.717, 1.165) is 19.6 Å². The third kappa shape index (κ3) is 2.47. The number of hydrogen-bond acceptors (Lipinski definition) is 3. The molecule has 2 atom stereocenters. The molecule has 0 unspecified atom stereocenters. The SMILES string of the molecule is CC(C)(C)OC(=O)N1C[C@H]2CNc3ccccc3[C@H]2C1. The van der Waals surface area contributed by atoms with Crippen molar-refractivity contribution in [2.45, 2.75) is 32.3 Å². The number of likely N-dealkylation sites (tertiary alicyclic amines) is 1. The monoisotopic (exact) mass is 274 g/mol. The molecule has 20 heavy (non-hydrogen) atoms. The summed E-state index contributed by atoms with van der Waals surface area (Å²) in [6.07, 6.45) is -0.190. The van der Waals surface area contributed by atoms with Crippen molar-refractivity contribution in [1.82, 2.24) is 4.90 Å². The predicted molar refractivity (Wildman–Crippen MR) is 79.0 cm³/mol. The van der Waals surface area contributed by atoms with Crippen LogP contribution in [0.5, 0.6) is 0 Å². The molecule has 0 aromatic heterocycles. The van der Waals surface area contributed by atoms with Crippen LogP contribution in [0.4, 0.5) is 10.5 Å². The van der Waals surface area contributed by atoms with E-state index in [1.165, 1.54) is 11.3 Å². The molecule has 1 fully saturated rings. The summed E-state index contributed by atoms with van der Waals surface area (Å²) in [4.78, 5) is 14.1. The topological polar surface area (TPSA) is 41.6 Å². The lowest BCUT2D eigenvalue weighted by Crippen LogP contribution is -2.35. The minimum atomic E-state index is -0.430. The second-order valence-electron chi connectivity index (χ2n) is 6.72. The van der Waals surface area contributed by atoms with E-state index >= 15 is 0 Å². The first-order valence-corrected chi connectivity index (χ1v) is 7.25. The van der Waals surface area contributed by atoms with E-state index in [4.69, 9.17) is 4.74 Å². The maximum Gasteiger partial charge on any atom is 0.410 e. The van der Waals surface area contributed by atoms with Crippen LogP contribution in [0.25, 0.3) is 0 Å².